The fraction of sp³-hybridized carbons (Fsp3) is 0.667. The maximum atomic E-state index is 12.9. The second-order valence-corrected chi connectivity index (χ2v) is 11.1. The molecule has 0 aliphatic carbocycles. The van der Waals surface area contributed by atoms with E-state index in [1.165, 1.54) is 70.6 Å². The zero-order chi connectivity index (χ0) is 27.5. The number of carbonyl (C=O) groups excluding carboxylic acids is 1. The number of hydrogen-bond acceptors (Lipinski definition) is 6. The van der Waals surface area contributed by atoms with E-state index in [-0.39, 0.29) is 11.7 Å². The number of fused-ring (bicyclic) bond motifs is 1. The van der Waals surface area contributed by atoms with E-state index in [0.29, 0.717) is 50.6 Å². The van der Waals surface area contributed by atoms with Gasteiger partial charge in [-0.1, -0.05) is 90.0 Å². The van der Waals surface area contributed by atoms with Gasteiger partial charge in [-0.2, -0.15) is 0 Å². The van der Waals surface area contributed by atoms with Crippen LogP contribution in [0.2, 0.25) is 0 Å². The highest BCUT2D eigenvalue weighted by Gasteiger charge is 2.25. The number of rotatable bonds is 22. The molecular weight excluding hydrogens is 490 g/mol. The van der Waals surface area contributed by atoms with Gasteiger partial charge in [-0.25, -0.2) is 0 Å². The molecule has 6 nitrogen and oxygen atoms in total. The Labute approximate surface area is 235 Å². The molecule has 0 amide bonds. The summed E-state index contributed by atoms with van der Waals surface area (Å²) in [6.45, 7) is 4.37. The van der Waals surface area contributed by atoms with Crippen molar-refractivity contribution in [3.05, 3.63) is 47.9 Å². The molecule has 1 aliphatic rings. The lowest BCUT2D eigenvalue weighted by molar-refractivity contribution is -0.121. The number of hydrogen-bond donors (Lipinski definition) is 2. The van der Waals surface area contributed by atoms with Crippen molar-refractivity contribution in [3.63, 3.8) is 0 Å². The van der Waals surface area contributed by atoms with Crippen molar-refractivity contribution in [2.45, 2.75) is 116 Å². The van der Waals surface area contributed by atoms with Gasteiger partial charge in [0, 0.05) is 25.3 Å². The average Bonchev–Trinajstić information content (AvgIpc) is 3.48. The van der Waals surface area contributed by atoms with Crippen LogP contribution in [0.3, 0.4) is 0 Å². The zero-order valence-electron chi connectivity index (χ0n) is 24.1. The topological polar surface area (TPSA) is 80.9 Å². The van der Waals surface area contributed by atoms with Crippen LogP contribution < -0.4 is 14.8 Å². The predicted octanol–water partition coefficient (Wildman–Crippen LogP) is 7.93. The molecule has 6 heteroatoms. The molecule has 2 aromatic rings. The van der Waals surface area contributed by atoms with E-state index in [9.17, 15) is 9.90 Å². The Balaban J connectivity index is 1.36. The zero-order valence-corrected chi connectivity index (χ0v) is 24.1. The fourth-order valence-electron chi connectivity index (χ4n) is 5.34. The molecule has 39 heavy (non-hydrogen) atoms. The maximum Gasteiger partial charge on any atom is 0.161 e. The summed E-state index contributed by atoms with van der Waals surface area (Å²) in [5.41, 5.74) is 0.748. The minimum absolute atomic E-state index is 0.222. The number of unbranched alkanes of at least 4 members (excludes halogenated alkanes) is 12. The van der Waals surface area contributed by atoms with E-state index in [1.54, 1.807) is 6.26 Å². The summed E-state index contributed by atoms with van der Waals surface area (Å²) in [6, 6.07) is 9.33. The molecule has 0 spiro atoms. The molecule has 0 radical (unpaired) electrons. The first-order valence-electron chi connectivity index (χ1n) is 15.5. The third-order valence-corrected chi connectivity index (χ3v) is 7.69. The highest BCUT2D eigenvalue weighted by Crippen LogP contribution is 2.35. The number of ether oxygens (including phenoxy) is 2. The van der Waals surface area contributed by atoms with Gasteiger partial charge < -0.3 is 24.3 Å². The second-order valence-electron chi connectivity index (χ2n) is 11.1. The number of carbonyl (C=O) groups is 1. The quantitative estimate of drug-likeness (QED) is 0.147. The lowest BCUT2D eigenvalue weighted by Crippen LogP contribution is -2.29. The van der Waals surface area contributed by atoms with Crippen LogP contribution in [0.1, 0.15) is 121 Å². The molecule has 3 rings (SSSR count). The van der Waals surface area contributed by atoms with E-state index in [0.717, 1.165) is 24.2 Å². The first-order chi connectivity index (χ1) is 19.2. The number of ketones is 1. The monoisotopic (exact) mass is 541 g/mol. The van der Waals surface area contributed by atoms with E-state index < -0.39 is 6.10 Å². The molecular formula is C33H51NO5. The van der Waals surface area contributed by atoms with Crippen molar-refractivity contribution in [1.29, 1.82) is 0 Å². The van der Waals surface area contributed by atoms with Crippen LogP contribution in [0, 0.1) is 5.92 Å². The van der Waals surface area contributed by atoms with Crippen LogP contribution in [0.4, 0.5) is 0 Å². The molecule has 0 bridgehead atoms. The minimum Gasteiger partial charge on any atom is -0.486 e. The molecule has 0 unspecified atom stereocenters. The van der Waals surface area contributed by atoms with Crippen LogP contribution >= 0.6 is 0 Å². The van der Waals surface area contributed by atoms with Gasteiger partial charge in [0.2, 0.25) is 0 Å². The van der Waals surface area contributed by atoms with Gasteiger partial charge in [0.05, 0.1) is 18.9 Å². The Hall–Kier alpha value is -2.31. The number of benzene rings is 1. The highest BCUT2D eigenvalue weighted by molar-refractivity contribution is 5.78. The van der Waals surface area contributed by atoms with Crippen LogP contribution in [-0.2, 0) is 11.3 Å². The van der Waals surface area contributed by atoms with Crippen molar-refractivity contribution in [1.82, 2.24) is 5.32 Å². The Morgan fingerprint density at radius 1 is 0.872 bits per heavy atom. The third kappa shape index (κ3) is 12.2. The average molecular weight is 542 g/mol. The Morgan fingerprint density at radius 2 is 1.51 bits per heavy atom. The summed E-state index contributed by atoms with van der Waals surface area (Å²) in [7, 11) is 0. The van der Waals surface area contributed by atoms with Gasteiger partial charge in [-0.15, -0.1) is 0 Å². The van der Waals surface area contributed by atoms with Crippen LogP contribution in [-0.4, -0.2) is 30.6 Å². The molecule has 1 aromatic carbocycles. The first kappa shape index (κ1) is 31.2. The smallest absolute Gasteiger partial charge is 0.161 e. The molecule has 2 heterocycles. The highest BCUT2D eigenvalue weighted by atomic mass is 16.6. The predicted molar refractivity (Wildman–Crippen MR) is 156 cm³/mol. The van der Waals surface area contributed by atoms with Crippen molar-refractivity contribution < 1.29 is 23.8 Å². The van der Waals surface area contributed by atoms with Crippen molar-refractivity contribution in [2.75, 3.05) is 19.8 Å². The van der Waals surface area contributed by atoms with Gasteiger partial charge in [-0.3, -0.25) is 4.79 Å². The van der Waals surface area contributed by atoms with Gasteiger partial charge in [-0.05, 0) is 36.2 Å². The standard InChI is InChI=1S/C33H51NO5/c1-2-3-4-5-6-7-8-9-10-11-12-13-14-16-29(35)23-28(25-34-26-30-17-15-20-37-30)33(36)27-18-19-31-32(24-27)39-22-21-38-31/h15,17-20,24,28,33-34,36H,2-14,16,21-23,25-26H2,1H3/t28-,33-/m1/s1. The summed E-state index contributed by atoms with van der Waals surface area (Å²) in [4.78, 5) is 12.9. The number of Topliss-reactive ketones (excluding diaryl/α,β-unsaturated/α-hetero) is 1. The molecule has 0 fully saturated rings. The van der Waals surface area contributed by atoms with E-state index >= 15 is 0 Å². The summed E-state index contributed by atoms with van der Waals surface area (Å²) in [5.74, 6) is 2.17. The number of aliphatic hydroxyl groups is 1. The Morgan fingerprint density at radius 3 is 2.15 bits per heavy atom. The van der Waals surface area contributed by atoms with Crippen LogP contribution in [0.25, 0.3) is 0 Å². The van der Waals surface area contributed by atoms with Gasteiger partial charge in [0.15, 0.2) is 11.5 Å². The van der Waals surface area contributed by atoms with Crippen LogP contribution in [0.15, 0.2) is 41.0 Å². The van der Waals surface area contributed by atoms with E-state index in [4.69, 9.17) is 13.9 Å². The van der Waals surface area contributed by atoms with Crippen molar-refractivity contribution in [3.8, 4) is 11.5 Å². The molecule has 1 aliphatic heterocycles. The molecule has 2 atom stereocenters. The lowest BCUT2D eigenvalue weighted by Gasteiger charge is -2.25. The summed E-state index contributed by atoms with van der Waals surface area (Å²) in [5, 5.41) is 14.6. The lowest BCUT2D eigenvalue weighted by atomic mass is 9.89. The number of aliphatic hydroxyl groups excluding tert-OH is 1. The second kappa shape index (κ2) is 18.9. The van der Waals surface area contributed by atoms with E-state index in [2.05, 4.69) is 12.2 Å². The van der Waals surface area contributed by atoms with Gasteiger partial charge >= 0.3 is 0 Å². The van der Waals surface area contributed by atoms with Crippen molar-refractivity contribution >= 4 is 5.78 Å². The number of furan rings is 1. The molecule has 0 saturated carbocycles. The first-order valence-corrected chi connectivity index (χ1v) is 15.5. The number of nitrogens with one attached hydrogen (secondary N) is 1. The minimum atomic E-state index is -0.777. The largest absolute Gasteiger partial charge is 0.486 e. The fourth-order valence-corrected chi connectivity index (χ4v) is 5.34. The molecule has 0 saturated heterocycles. The summed E-state index contributed by atoms with van der Waals surface area (Å²) >= 11 is 0. The van der Waals surface area contributed by atoms with Crippen molar-refractivity contribution in [2.24, 2.45) is 5.92 Å². The SMILES string of the molecule is CCCCCCCCCCCCCCCC(=O)C[C@H](CNCc1ccco1)[C@H](O)c1ccc2c(c1)OCCO2. The van der Waals surface area contributed by atoms with E-state index in [1.807, 2.05) is 30.3 Å². The molecule has 1 aromatic heterocycles. The molecule has 218 valence electrons. The Kier molecular flexibility index (Phi) is 15.1. The normalized spacial score (nSPS) is 14.3. The summed E-state index contributed by atoms with van der Waals surface area (Å²) < 4.78 is 16.7. The third-order valence-electron chi connectivity index (χ3n) is 7.69. The van der Waals surface area contributed by atoms with Gasteiger partial charge in [0.1, 0.15) is 24.8 Å². The van der Waals surface area contributed by atoms with Crippen LogP contribution in [0.5, 0.6) is 11.5 Å². The van der Waals surface area contributed by atoms with Gasteiger partial charge in [0.25, 0.3) is 0 Å². The summed E-state index contributed by atoms with van der Waals surface area (Å²) in [6.07, 6.45) is 18.6. The Bertz CT molecular complexity index is 913. The molecule has 2 N–H and O–H groups in total. The maximum absolute atomic E-state index is 12.9.